The van der Waals surface area contributed by atoms with Gasteiger partial charge in [-0.3, -0.25) is 9.59 Å². The lowest BCUT2D eigenvalue weighted by Gasteiger charge is -2.28. The minimum absolute atomic E-state index is 0.114. The van der Waals surface area contributed by atoms with E-state index in [0.29, 0.717) is 12.3 Å². The highest BCUT2D eigenvalue weighted by Crippen LogP contribution is 2.23. The molecule has 2 aromatic rings. The lowest BCUT2D eigenvalue weighted by atomic mass is 10.1. The molecule has 1 N–H and O–H groups in total. The summed E-state index contributed by atoms with van der Waals surface area (Å²) in [5.41, 5.74) is 5.31. The van der Waals surface area contributed by atoms with Gasteiger partial charge in [-0.25, -0.2) is 0 Å². The minimum Gasteiger partial charge on any atom is -0.483 e. The van der Waals surface area contributed by atoms with Crippen LogP contribution in [0.4, 0.5) is 0 Å². The molecule has 2 aromatic carbocycles. The van der Waals surface area contributed by atoms with E-state index in [1.54, 1.807) is 18.9 Å². The average Bonchev–Trinajstić information content (AvgIpc) is 2.66. The molecule has 0 radical (unpaired) electrons. The first-order valence-electron chi connectivity index (χ1n) is 9.50. The van der Waals surface area contributed by atoms with Crippen LogP contribution in [0, 0.1) is 27.7 Å². The van der Waals surface area contributed by atoms with E-state index in [-0.39, 0.29) is 18.4 Å². The Kier molecular flexibility index (Phi) is 7.21. The lowest BCUT2D eigenvalue weighted by molar-refractivity contribution is -0.142. The topological polar surface area (TPSA) is 58.6 Å². The van der Waals surface area contributed by atoms with Gasteiger partial charge in [0.05, 0.1) is 0 Å². The Morgan fingerprint density at radius 3 is 2.43 bits per heavy atom. The molecule has 0 bridgehead atoms. The van der Waals surface area contributed by atoms with Crippen molar-refractivity contribution in [2.45, 2.75) is 47.2 Å². The van der Waals surface area contributed by atoms with Gasteiger partial charge in [0.15, 0.2) is 6.61 Å². The molecule has 150 valence electrons. The van der Waals surface area contributed by atoms with Gasteiger partial charge in [0.1, 0.15) is 11.8 Å². The summed E-state index contributed by atoms with van der Waals surface area (Å²) in [5.74, 6) is 0.272. The van der Waals surface area contributed by atoms with Crippen LogP contribution in [0.25, 0.3) is 0 Å². The summed E-state index contributed by atoms with van der Waals surface area (Å²) in [7, 11) is 1.57. The Bertz CT molecular complexity index is 861. The molecule has 0 fully saturated rings. The van der Waals surface area contributed by atoms with E-state index in [0.717, 1.165) is 27.8 Å². The van der Waals surface area contributed by atoms with Crippen LogP contribution >= 0.6 is 0 Å². The highest BCUT2D eigenvalue weighted by atomic mass is 16.5. The fourth-order valence-electron chi connectivity index (χ4n) is 3.17. The Morgan fingerprint density at radius 2 is 1.79 bits per heavy atom. The number of nitrogens with zero attached hydrogens (tertiary/aromatic N) is 1. The third-order valence-electron chi connectivity index (χ3n) is 4.96. The Hall–Kier alpha value is -2.82. The van der Waals surface area contributed by atoms with Crippen LogP contribution in [0.15, 0.2) is 36.4 Å². The number of carbonyl (C=O) groups is 2. The third kappa shape index (κ3) is 5.35. The SMILES string of the molecule is CNC(=O)[C@H](C)N(Cc1cccc(C)c1)C(=O)COc1cc(C)cc(C)c1C. The molecule has 5 heteroatoms. The monoisotopic (exact) mass is 382 g/mol. The van der Waals surface area contributed by atoms with E-state index in [1.165, 1.54) is 0 Å². The van der Waals surface area contributed by atoms with Crippen LogP contribution in [-0.2, 0) is 16.1 Å². The number of aryl methyl sites for hydroxylation is 3. The molecule has 0 saturated carbocycles. The summed E-state index contributed by atoms with van der Waals surface area (Å²) in [6.07, 6.45) is 0. The Balaban J connectivity index is 2.20. The van der Waals surface area contributed by atoms with Gasteiger partial charge in [-0.15, -0.1) is 0 Å². The number of nitrogens with one attached hydrogen (secondary N) is 1. The summed E-state index contributed by atoms with van der Waals surface area (Å²) >= 11 is 0. The fraction of sp³-hybridized carbons (Fsp3) is 0.391. The average molecular weight is 383 g/mol. The lowest BCUT2D eigenvalue weighted by Crippen LogP contribution is -2.48. The smallest absolute Gasteiger partial charge is 0.261 e. The van der Waals surface area contributed by atoms with E-state index in [4.69, 9.17) is 4.74 Å². The quantitative estimate of drug-likeness (QED) is 0.798. The van der Waals surface area contributed by atoms with Gasteiger partial charge in [-0.05, 0) is 62.9 Å². The Morgan fingerprint density at radius 1 is 1.07 bits per heavy atom. The van der Waals surface area contributed by atoms with Crippen molar-refractivity contribution in [2.75, 3.05) is 13.7 Å². The normalized spacial score (nSPS) is 11.6. The van der Waals surface area contributed by atoms with Crippen LogP contribution in [0.5, 0.6) is 5.75 Å². The van der Waals surface area contributed by atoms with E-state index in [1.807, 2.05) is 58.0 Å². The minimum atomic E-state index is -0.595. The largest absolute Gasteiger partial charge is 0.483 e. The molecule has 28 heavy (non-hydrogen) atoms. The standard InChI is InChI=1S/C23H30N2O3/c1-15-8-7-9-20(11-15)13-25(19(5)23(27)24-6)22(26)14-28-21-12-16(2)10-17(3)18(21)4/h7-12,19H,13-14H2,1-6H3,(H,24,27)/t19-/m0/s1. The van der Waals surface area contributed by atoms with Crippen LogP contribution in [0.3, 0.4) is 0 Å². The number of rotatable bonds is 7. The number of amides is 2. The zero-order valence-electron chi connectivity index (χ0n) is 17.6. The first kappa shape index (κ1) is 21.5. The van der Waals surface area contributed by atoms with E-state index in [9.17, 15) is 9.59 Å². The second kappa shape index (κ2) is 9.40. The van der Waals surface area contributed by atoms with Crippen molar-refractivity contribution in [3.8, 4) is 5.75 Å². The number of ether oxygens (including phenoxy) is 1. The molecular weight excluding hydrogens is 352 g/mol. The number of hydrogen-bond acceptors (Lipinski definition) is 3. The van der Waals surface area contributed by atoms with Crippen molar-refractivity contribution in [3.63, 3.8) is 0 Å². The summed E-state index contributed by atoms with van der Waals surface area (Å²) in [6.45, 7) is 9.97. The summed E-state index contributed by atoms with van der Waals surface area (Å²) in [5, 5.41) is 2.62. The molecule has 0 spiro atoms. The highest BCUT2D eigenvalue weighted by Gasteiger charge is 2.26. The van der Waals surface area contributed by atoms with Gasteiger partial charge >= 0.3 is 0 Å². The molecule has 0 aliphatic heterocycles. The molecule has 0 heterocycles. The maximum atomic E-state index is 13.0. The van der Waals surface area contributed by atoms with E-state index < -0.39 is 6.04 Å². The maximum Gasteiger partial charge on any atom is 0.261 e. The summed E-state index contributed by atoms with van der Waals surface area (Å²) < 4.78 is 5.84. The fourth-order valence-corrected chi connectivity index (χ4v) is 3.17. The zero-order valence-corrected chi connectivity index (χ0v) is 17.6. The maximum absolute atomic E-state index is 13.0. The highest BCUT2D eigenvalue weighted by molar-refractivity contribution is 5.87. The number of hydrogen-bond donors (Lipinski definition) is 1. The molecule has 0 unspecified atom stereocenters. The van der Waals surface area contributed by atoms with Gasteiger partial charge in [0.2, 0.25) is 5.91 Å². The predicted molar refractivity (Wildman–Crippen MR) is 111 cm³/mol. The molecule has 5 nitrogen and oxygen atoms in total. The zero-order chi connectivity index (χ0) is 20.8. The van der Waals surface area contributed by atoms with Gasteiger partial charge < -0.3 is 15.0 Å². The van der Waals surface area contributed by atoms with Gasteiger partial charge in [0.25, 0.3) is 5.91 Å². The van der Waals surface area contributed by atoms with Gasteiger partial charge in [-0.2, -0.15) is 0 Å². The van der Waals surface area contributed by atoms with Crippen molar-refractivity contribution in [1.82, 2.24) is 10.2 Å². The van der Waals surface area contributed by atoms with Crippen molar-refractivity contribution in [2.24, 2.45) is 0 Å². The third-order valence-corrected chi connectivity index (χ3v) is 4.96. The van der Waals surface area contributed by atoms with Crippen LogP contribution in [0.1, 0.15) is 34.7 Å². The number of benzene rings is 2. The predicted octanol–water partition coefficient (Wildman–Crippen LogP) is 3.46. The molecule has 2 rings (SSSR count). The van der Waals surface area contributed by atoms with Crippen LogP contribution in [-0.4, -0.2) is 36.4 Å². The van der Waals surface area contributed by atoms with E-state index >= 15 is 0 Å². The molecule has 0 aliphatic carbocycles. The molecule has 0 aromatic heterocycles. The van der Waals surface area contributed by atoms with E-state index in [2.05, 4.69) is 11.4 Å². The van der Waals surface area contributed by atoms with Crippen molar-refractivity contribution in [1.29, 1.82) is 0 Å². The van der Waals surface area contributed by atoms with Crippen LogP contribution < -0.4 is 10.1 Å². The molecule has 0 aliphatic rings. The van der Waals surface area contributed by atoms with Crippen molar-refractivity contribution in [3.05, 3.63) is 64.2 Å². The van der Waals surface area contributed by atoms with Gasteiger partial charge in [0, 0.05) is 13.6 Å². The number of likely N-dealkylation sites (N-methyl/N-ethyl adjacent to an activating group) is 1. The molecule has 2 amide bonds. The Labute approximate surface area is 167 Å². The first-order valence-corrected chi connectivity index (χ1v) is 9.50. The first-order chi connectivity index (χ1) is 13.2. The number of carbonyl (C=O) groups excluding carboxylic acids is 2. The molecular formula is C23H30N2O3. The van der Waals surface area contributed by atoms with Crippen LogP contribution in [0.2, 0.25) is 0 Å². The molecule has 1 atom stereocenters. The summed E-state index contributed by atoms with van der Waals surface area (Å²) in [6, 6.07) is 11.4. The van der Waals surface area contributed by atoms with Gasteiger partial charge in [-0.1, -0.05) is 35.9 Å². The van der Waals surface area contributed by atoms with Crippen molar-refractivity contribution >= 4 is 11.8 Å². The second-order valence-corrected chi connectivity index (χ2v) is 7.29. The second-order valence-electron chi connectivity index (χ2n) is 7.29. The summed E-state index contributed by atoms with van der Waals surface area (Å²) in [4.78, 5) is 26.7. The van der Waals surface area contributed by atoms with Crippen molar-refractivity contribution < 1.29 is 14.3 Å². The molecule has 0 saturated heterocycles.